The van der Waals surface area contributed by atoms with Gasteiger partial charge in [-0.05, 0) is 52.6 Å². The van der Waals surface area contributed by atoms with Gasteiger partial charge in [-0.25, -0.2) is 0 Å². The van der Waals surface area contributed by atoms with Crippen molar-refractivity contribution in [2.75, 3.05) is 13.2 Å². The molecule has 0 aromatic rings. The van der Waals surface area contributed by atoms with Crippen LogP contribution < -0.4 is 0 Å². The fraction of sp³-hybridized carbons (Fsp3) is 1.00. The van der Waals surface area contributed by atoms with Crippen molar-refractivity contribution >= 4 is 18.6 Å². The molecular formula is C14H34O4Si2. The van der Waals surface area contributed by atoms with Crippen LogP contribution in [0.3, 0.4) is 0 Å². The highest BCUT2D eigenvalue weighted by atomic mass is 28.3. The van der Waals surface area contributed by atoms with Gasteiger partial charge >= 0.3 is 18.6 Å². The van der Waals surface area contributed by atoms with Crippen molar-refractivity contribution in [2.45, 2.75) is 78.7 Å². The molecule has 0 saturated heterocycles. The molecule has 20 heavy (non-hydrogen) atoms. The Balaban J connectivity index is 4.20. The van der Waals surface area contributed by atoms with Crippen molar-refractivity contribution in [2.24, 2.45) is 0 Å². The molecule has 4 nitrogen and oxygen atoms in total. The van der Waals surface area contributed by atoms with Gasteiger partial charge in [0.1, 0.15) is 0 Å². The van der Waals surface area contributed by atoms with E-state index in [1.807, 2.05) is 0 Å². The highest BCUT2D eigenvalue weighted by molar-refractivity contribution is 6.50. The molecule has 0 spiro atoms. The predicted molar refractivity (Wildman–Crippen MR) is 88.8 cm³/mol. The zero-order valence-electron chi connectivity index (χ0n) is 14.2. The second-order valence-corrected chi connectivity index (χ2v) is 9.63. The van der Waals surface area contributed by atoms with Gasteiger partial charge in [0.05, 0.1) is 0 Å². The highest BCUT2D eigenvalue weighted by Crippen LogP contribution is 2.12. The summed E-state index contributed by atoms with van der Waals surface area (Å²) in [7, 11) is -3.14. The van der Waals surface area contributed by atoms with Gasteiger partial charge in [-0.15, -0.1) is 0 Å². The average molecular weight is 323 g/mol. The Morgan fingerprint density at radius 1 is 0.700 bits per heavy atom. The molecule has 0 aromatic heterocycles. The van der Waals surface area contributed by atoms with E-state index in [1.165, 1.54) is 0 Å². The Morgan fingerprint density at radius 3 is 1.45 bits per heavy atom. The number of hydrogen-bond donors (Lipinski definition) is 0. The first-order valence-corrected chi connectivity index (χ1v) is 11.6. The van der Waals surface area contributed by atoms with E-state index in [2.05, 4.69) is 41.5 Å². The SMILES string of the molecule is CCCO[SiH](CC[SiH](OC(C)C)OC(C)C)OCCC. The molecule has 0 aliphatic rings. The lowest BCUT2D eigenvalue weighted by molar-refractivity contribution is 0.129. The van der Waals surface area contributed by atoms with Crippen LogP contribution >= 0.6 is 0 Å². The van der Waals surface area contributed by atoms with Crippen molar-refractivity contribution in [3.63, 3.8) is 0 Å². The summed E-state index contributed by atoms with van der Waals surface area (Å²) >= 11 is 0. The van der Waals surface area contributed by atoms with E-state index in [-0.39, 0.29) is 12.2 Å². The van der Waals surface area contributed by atoms with Crippen molar-refractivity contribution in [1.82, 2.24) is 0 Å². The topological polar surface area (TPSA) is 36.9 Å². The number of rotatable bonds is 13. The van der Waals surface area contributed by atoms with Crippen molar-refractivity contribution in [3.8, 4) is 0 Å². The molecule has 0 unspecified atom stereocenters. The molecule has 0 N–H and O–H groups in total. The van der Waals surface area contributed by atoms with E-state index in [9.17, 15) is 0 Å². The quantitative estimate of drug-likeness (QED) is 0.488. The van der Waals surface area contributed by atoms with Gasteiger partial charge in [0, 0.05) is 25.4 Å². The van der Waals surface area contributed by atoms with Gasteiger partial charge in [0.25, 0.3) is 0 Å². The summed E-state index contributed by atoms with van der Waals surface area (Å²) in [6.45, 7) is 14.2. The van der Waals surface area contributed by atoms with Crippen LogP contribution in [0.2, 0.25) is 12.1 Å². The third-order valence-electron chi connectivity index (χ3n) is 2.50. The van der Waals surface area contributed by atoms with Gasteiger partial charge in [-0.1, -0.05) is 13.8 Å². The Labute approximate surface area is 128 Å². The molecule has 0 atom stereocenters. The maximum atomic E-state index is 5.95. The molecule has 0 aliphatic carbocycles. The molecule has 0 radical (unpaired) electrons. The normalized spacial score (nSPS) is 12.3. The van der Waals surface area contributed by atoms with Crippen LogP contribution in [-0.2, 0) is 17.7 Å². The smallest absolute Gasteiger partial charge is 0.321 e. The molecule has 0 amide bonds. The minimum absolute atomic E-state index is 0.235. The lowest BCUT2D eigenvalue weighted by Crippen LogP contribution is -2.32. The van der Waals surface area contributed by atoms with E-state index in [0.717, 1.165) is 38.1 Å². The molecule has 0 saturated carbocycles. The molecule has 0 rings (SSSR count). The standard InChI is InChI=1S/C14H34O4Si2/c1-7-9-15-19(16-10-8-2)11-12-20(17-13(3)4)18-14(5)6/h13-14,19-20H,7-12H2,1-6H3. The number of hydrogen-bond acceptors (Lipinski definition) is 4. The third-order valence-corrected chi connectivity index (χ3v) is 7.69. The van der Waals surface area contributed by atoms with Crippen LogP contribution in [0.25, 0.3) is 0 Å². The first kappa shape index (κ1) is 20.3. The van der Waals surface area contributed by atoms with Gasteiger partial charge in [0.15, 0.2) is 0 Å². The summed E-state index contributed by atoms with van der Waals surface area (Å²) in [5.41, 5.74) is 0. The molecule has 0 bridgehead atoms. The lowest BCUT2D eigenvalue weighted by atomic mass is 10.5. The largest absolute Gasteiger partial charge is 0.397 e. The monoisotopic (exact) mass is 322 g/mol. The van der Waals surface area contributed by atoms with Gasteiger partial charge < -0.3 is 17.7 Å². The Morgan fingerprint density at radius 2 is 1.10 bits per heavy atom. The van der Waals surface area contributed by atoms with Crippen LogP contribution in [0.5, 0.6) is 0 Å². The molecule has 0 heterocycles. The second kappa shape index (κ2) is 13.0. The minimum atomic E-state index is -1.60. The highest BCUT2D eigenvalue weighted by Gasteiger charge is 2.22. The van der Waals surface area contributed by atoms with E-state index >= 15 is 0 Å². The van der Waals surface area contributed by atoms with Crippen LogP contribution in [-0.4, -0.2) is 44.0 Å². The predicted octanol–water partition coefficient (Wildman–Crippen LogP) is 3.13. The third kappa shape index (κ3) is 12.0. The first-order valence-electron chi connectivity index (χ1n) is 8.03. The summed E-state index contributed by atoms with van der Waals surface area (Å²) in [5.74, 6) is 0. The Kier molecular flexibility index (Phi) is 13.2. The van der Waals surface area contributed by atoms with Crippen LogP contribution in [0.1, 0.15) is 54.4 Å². The van der Waals surface area contributed by atoms with Crippen LogP contribution in [0, 0.1) is 0 Å². The molecule has 0 aromatic carbocycles. The van der Waals surface area contributed by atoms with E-state index < -0.39 is 18.6 Å². The van der Waals surface area contributed by atoms with E-state index in [4.69, 9.17) is 17.7 Å². The maximum Gasteiger partial charge on any atom is 0.321 e. The lowest BCUT2D eigenvalue weighted by Gasteiger charge is -2.23. The zero-order valence-corrected chi connectivity index (χ0v) is 16.5. The summed E-state index contributed by atoms with van der Waals surface area (Å²) in [6, 6.07) is 1.98. The van der Waals surface area contributed by atoms with Crippen molar-refractivity contribution in [1.29, 1.82) is 0 Å². The first-order chi connectivity index (χ1) is 9.49. The van der Waals surface area contributed by atoms with Crippen molar-refractivity contribution in [3.05, 3.63) is 0 Å². The second-order valence-electron chi connectivity index (χ2n) is 5.55. The van der Waals surface area contributed by atoms with Crippen LogP contribution in [0.4, 0.5) is 0 Å². The average Bonchev–Trinajstić information content (AvgIpc) is 2.36. The van der Waals surface area contributed by atoms with Gasteiger partial charge in [0.2, 0.25) is 0 Å². The molecule has 0 fully saturated rings. The maximum absolute atomic E-state index is 5.95. The summed E-state index contributed by atoms with van der Waals surface area (Å²) < 4.78 is 23.7. The fourth-order valence-corrected chi connectivity index (χ4v) is 6.92. The molecule has 6 heteroatoms. The summed E-state index contributed by atoms with van der Waals surface area (Å²) in [4.78, 5) is 0. The van der Waals surface area contributed by atoms with Crippen molar-refractivity contribution < 1.29 is 17.7 Å². The Hall–Kier alpha value is 0.274. The van der Waals surface area contributed by atoms with E-state index in [1.54, 1.807) is 0 Å². The van der Waals surface area contributed by atoms with Gasteiger partial charge in [-0.3, -0.25) is 0 Å². The Bertz CT molecular complexity index is 197. The van der Waals surface area contributed by atoms with E-state index in [0.29, 0.717) is 0 Å². The molecule has 0 aliphatic heterocycles. The summed E-state index contributed by atoms with van der Waals surface area (Å²) in [6.07, 6.45) is 2.56. The fourth-order valence-electron chi connectivity index (χ4n) is 1.76. The minimum Gasteiger partial charge on any atom is -0.397 e. The van der Waals surface area contributed by atoms with Gasteiger partial charge in [-0.2, -0.15) is 0 Å². The zero-order chi connectivity index (χ0) is 15.4. The summed E-state index contributed by atoms with van der Waals surface area (Å²) in [5, 5.41) is 0. The molecular weight excluding hydrogens is 288 g/mol. The molecule has 122 valence electrons. The van der Waals surface area contributed by atoms with Crippen LogP contribution in [0.15, 0.2) is 0 Å².